The van der Waals surface area contributed by atoms with Crippen LogP contribution in [0, 0.1) is 0 Å². The van der Waals surface area contributed by atoms with E-state index in [2.05, 4.69) is 5.32 Å². The molecular formula is C18H19NO4. The summed E-state index contributed by atoms with van der Waals surface area (Å²) >= 11 is 0. The second-order valence-corrected chi connectivity index (χ2v) is 5.21. The van der Waals surface area contributed by atoms with E-state index in [1.165, 1.54) is 0 Å². The van der Waals surface area contributed by atoms with Crippen molar-refractivity contribution in [3.05, 3.63) is 48.5 Å². The first kappa shape index (κ1) is 15.2. The number of nitrogens with one attached hydrogen (secondary N) is 1. The molecule has 0 fully saturated rings. The van der Waals surface area contributed by atoms with Gasteiger partial charge in [-0.3, -0.25) is 4.79 Å². The molecule has 0 aromatic heterocycles. The zero-order valence-corrected chi connectivity index (χ0v) is 12.8. The maximum atomic E-state index is 11.3. The first-order valence-electron chi connectivity index (χ1n) is 7.68. The van der Waals surface area contributed by atoms with Gasteiger partial charge in [0.2, 0.25) is 0 Å². The molecule has 3 rings (SSSR count). The zero-order valence-electron chi connectivity index (χ0n) is 12.8. The van der Waals surface area contributed by atoms with Gasteiger partial charge < -0.3 is 19.5 Å². The van der Waals surface area contributed by atoms with Crippen LogP contribution in [0.4, 0.5) is 5.69 Å². The van der Waals surface area contributed by atoms with Crippen molar-refractivity contribution in [2.45, 2.75) is 12.8 Å². The van der Waals surface area contributed by atoms with E-state index in [0.29, 0.717) is 24.7 Å². The topological polar surface area (TPSA) is 56.8 Å². The van der Waals surface area contributed by atoms with Crippen LogP contribution in [-0.4, -0.2) is 25.7 Å². The van der Waals surface area contributed by atoms with Crippen LogP contribution in [0.5, 0.6) is 17.2 Å². The summed E-state index contributed by atoms with van der Waals surface area (Å²) in [6.45, 7) is 1.34. The molecule has 0 aliphatic carbocycles. The second-order valence-electron chi connectivity index (χ2n) is 5.21. The fraction of sp³-hybridized carbons (Fsp3) is 0.278. The molecule has 2 aromatic carbocycles. The van der Waals surface area contributed by atoms with E-state index >= 15 is 0 Å². The number of fused-ring (bicyclic) bond motifs is 1. The number of rotatable bonds is 7. The number of amides is 1. The predicted octanol–water partition coefficient (Wildman–Crippen LogP) is 3.26. The Morgan fingerprint density at radius 1 is 0.957 bits per heavy atom. The summed E-state index contributed by atoms with van der Waals surface area (Å²) in [6.07, 6.45) is 1.81. The first-order valence-corrected chi connectivity index (χ1v) is 7.68. The molecule has 1 heterocycles. The summed E-state index contributed by atoms with van der Waals surface area (Å²) in [6, 6.07) is 15.2. The van der Waals surface area contributed by atoms with Crippen molar-refractivity contribution in [1.82, 2.24) is 0 Å². The first-order chi connectivity index (χ1) is 11.3. The van der Waals surface area contributed by atoms with E-state index in [1.807, 2.05) is 42.5 Å². The molecule has 5 heteroatoms. The number of anilines is 1. The molecule has 0 atom stereocenters. The Bertz CT molecular complexity index is 657. The molecule has 1 aliphatic rings. The van der Waals surface area contributed by atoms with E-state index in [-0.39, 0.29) is 12.5 Å². The molecule has 1 N–H and O–H groups in total. The normalized spacial score (nSPS) is 12.8. The predicted molar refractivity (Wildman–Crippen MR) is 87.2 cm³/mol. The monoisotopic (exact) mass is 313 g/mol. The summed E-state index contributed by atoms with van der Waals surface area (Å²) in [5.74, 6) is 2.14. The Morgan fingerprint density at radius 2 is 1.70 bits per heavy atom. The van der Waals surface area contributed by atoms with Gasteiger partial charge in [-0.05, 0) is 37.1 Å². The molecule has 0 spiro atoms. The van der Waals surface area contributed by atoms with Crippen molar-refractivity contribution < 1.29 is 19.0 Å². The molecule has 1 amide bonds. The van der Waals surface area contributed by atoms with Gasteiger partial charge in [-0.1, -0.05) is 18.2 Å². The smallest absolute Gasteiger partial charge is 0.262 e. The summed E-state index contributed by atoms with van der Waals surface area (Å²) in [5.41, 5.74) is 0.658. The van der Waals surface area contributed by atoms with Crippen molar-refractivity contribution in [3.8, 4) is 17.2 Å². The summed E-state index contributed by atoms with van der Waals surface area (Å²) in [4.78, 5) is 11.3. The number of benzene rings is 2. The van der Waals surface area contributed by atoms with Crippen LogP contribution in [0.2, 0.25) is 0 Å². The number of hydrogen-bond acceptors (Lipinski definition) is 4. The van der Waals surface area contributed by atoms with E-state index in [0.717, 1.165) is 24.3 Å². The van der Waals surface area contributed by atoms with Crippen LogP contribution in [0.1, 0.15) is 12.8 Å². The lowest BCUT2D eigenvalue weighted by molar-refractivity contribution is -0.118. The van der Waals surface area contributed by atoms with E-state index in [1.54, 1.807) is 6.07 Å². The SMILES string of the molecule is O=C1COc2ccc(OCCCCOc3ccccc3)cc2N1. The maximum absolute atomic E-state index is 11.3. The zero-order chi connectivity index (χ0) is 15.9. The largest absolute Gasteiger partial charge is 0.494 e. The van der Waals surface area contributed by atoms with Crippen molar-refractivity contribution >= 4 is 11.6 Å². The van der Waals surface area contributed by atoms with Gasteiger partial charge in [-0.25, -0.2) is 0 Å². The molecule has 0 saturated carbocycles. The van der Waals surface area contributed by atoms with Gasteiger partial charge in [0, 0.05) is 6.07 Å². The van der Waals surface area contributed by atoms with Gasteiger partial charge in [-0.15, -0.1) is 0 Å². The Labute approximate surface area is 135 Å². The van der Waals surface area contributed by atoms with Crippen molar-refractivity contribution in [3.63, 3.8) is 0 Å². The van der Waals surface area contributed by atoms with Crippen LogP contribution in [0.25, 0.3) is 0 Å². The van der Waals surface area contributed by atoms with Crippen molar-refractivity contribution in [2.24, 2.45) is 0 Å². The highest BCUT2D eigenvalue weighted by Crippen LogP contribution is 2.31. The summed E-state index contributed by atoms with van der Waals surface area (Å²) in [5, 5.41) is 2.77. The molecule has 23 heavy (non-hydrogen) atoms. The molecule has 5 nitrogen and oxygen atoms in total. The lowest BCUT2D eigenvalue weighted by atomic mass is 10.2. The minimum atomic E-state index is -0.146. The van der Waals surface area contributed by atoms with E-state index < -0.39 is 0 Å². The third-order valence-electron chi connectivity index (χ3n) is 3.40. The van der Waals surface area contributed by atoms with E-state index in [9.17, 15) is 4.79 Å². The van der Waals surface area contributed by atoms with Gasteiger partial charge in [0.1, 0.15) is 17.2 Å². The number of para-hydroxylation sites is 1. The fourth-order valence-electron chi connectivity index (χ4n) is 2.25. The summed E-state index contributed by atoms with van der Waals surface area (Å²) < 4.78 is 16.6. The minimum Gasteiger partial charge on any atom is -0.494 e. The lowest BCUT2D eigenvalue weighted by Gasteiger charge is -2.18. The third kappa shape index (κ3) is 4.39. The number of carbonyl (C=O) groups is 1. The Balaban J connectivity index is 1.38. The van der Waals surface area contributed by atoms with Crippen LogP contribution >= 0.6 is 0 Å². The average Bonchev–Trinajstić information content (AvgIpc) is 2.58. The highest BCUT2D eigenvalue weighted by atomic mass is 16.5. The van der Waals surface area contributed by atoms with Gasteiger partial charge in [0.15, 0.2) is 6.61 Å². The van der Waals surface area contributed by atoms with E-state index in [4.69, 9.17) is 14.2 Å². The van der Waals surface area contributed by atoms with Crippen LogP contribution in [-0.2, 0) is 4.79 Å². The quantitative estimate of drug-likeness (QED) is 0.797. The molecule has 1 aliphatic heterocycles. The number of ether oxygens (including phenoxy) is 3. The highest BCUT2D eigenvalue weighted by Gasteiger charge is 2.16. The number of hydrogen-bond donors (Lipinski definition) is 1. The molecule has 2 aromatic rings. The molecule has 0 radical (unpaired) electrons. The minimum absolute atomic E-state index is 0.0641. The van der Waals surface area contributed by atoms with Gasteiger partial charge in [-0.2, -0.15) is 0 Å². The van der Waals surface area contributed by atoms with Crippen molar-refractivity contribution in [1.29, 1.82) is 0 Å². The fourth-order valence-corrected chi connectivity index (χ4v) is 2.25. The van der Waals surface area contributed by atoms with Gasteiger partial charge in [0.05, 0.1) is 18.9 Å². The molecule has 0 bridgehead atoms. The number of unbranched alkanes of at least 4 members (excludes halogenated alkanes) is 1. The Hall–Kier alpha value is -2.69. The van der Waals surface area contributed by atoms with Crippen LogP contribution in [0.3, 0.4) is 0 Å². The summed E-state index contributed by atoms with van der Waals surface area (Å²) in [7, 11) is 0. The Kier molecular flexibility index (Phi) is 4.99. The number of carbonyl (C=O) groups excluding carboxylic acids is 1. The highest BCUT2D eigenvalue weighted by molar-refractivity contribution is 5.95. The molecule has 0 saturated heterocycles. The molecular weight excluding hydrogens is 294 g/mol. The third-order valence-corrected chi connectivity index (χ3v) is 3.40. The molecule has 120 valence electrons. The standard InChI is InChI=1S/C18H19NO4/c20-18-13-23-17-9-8-15(12-16(17)19-18)22-11-5-4-10-21-14-6-2-1-3-7-14/h1-3,6-9,12H,4-5,10-11,13H2,(H,19,20). The van der Waals surface area contributed by atoms with Gasteiger partial charge >= 0.3 is 0 Å². The average molecular weight is 313 g/mol. The molecule has 0 unspecified atom stereocenters. The van der Waals surface area contributed by atoms with Crippen LogP contribution in [0.15, 0.2) is 48.5 Å². The second kappa shape index (κ2) is 7.54. The van der Waals surface area contributed by atoms with Crippen molar-refractivity contribution in [2.75, 3.05) is 25.1 Å². The van der Waals surface area contributed by atoms with Crippen LogP contribution < -0.4 is 19.5 Å². The lowest BCUT2D eigenvalue weighted by Crippen LogP contribution is -2.25. The Morgan fingerprint density at radius 3 is 2.48 bits per heavy atom. The maximum Gasteiger partial charge on any atom is 0.262 e. The van der Waals surface area contributed by atoms with Gasteiger partial charge in [0.25, 0.3) is 5.91 Å².